The number of nitrogens with one attached hydrogen (secondary N) is 1. The zero-order valence-electron chi connectivity index (χ0n) is 12.5. The summed E-state index contributed by atoms with van der Waals surface area (Å²) in [5.41, 5.74) is -0.895. The summed E-state index contributed by atoms with van der Waals surface area (Å²) in [6.45, 7) is 3.36. The molecule has 22 heavy (non-hydrogen) atoms. The normalized spacial score (nSPS) is 22.6. The molecule has 1 aromatic rings. The predicted molar refractivity (Wildman–Crippen MR) is 81.9 cm³/mol. The van der Waals surface area contributed by atoms with Crippen LogP contribution in [0.4, 0.5) is 4.79 Å². The highest BCUT2D eigenvalue weighted by molar-refractivity contribution is 6.30. The Hall–Kier alpha value is -1.79. The van der Waals surface area contributed by atoms with Gasteiger partial charge in [-0.2, -0.15) is 0 Å². The van der Waals surface area contributed by atoms with Crippen LogP contribution < -0.4 is 10.1 Å². The van der Waals surface area contributed by atoms with Gasteiger partial charge in [-0.3, -0.25) is 9.69 Å². The van der Waals surface area contributed by atoms with Crippen LogP contribution >= 0.6 is 11.6 Å². The molecule has 1 fully saturated rings. The van der Waals surface area contributed by atoms with E-state index in [-0.39, 0.29) is 19.1 Å². The van der Waals surface area contributed by atoms with Crippen molar-refractivity contribution in [3.63, 3.8) is 0 Å². The van der Waals surface area contributed by atoms with Crippen LogP contribution in [-0.4, -0.2) is 46.7 Å². The predicted octanol–water partition coefficient (Wildman–Crippen LogP) is 1.80. The van der Waals surface area contributed by atoms with Crippen molar-refractivity contribution in [1.29, 1.82) is 0 Å². The van der Waals surface area contributed by atoms with Gasteiger partial charge in [0.25, 0.3) is 5.91 Å². The molecule has 0 saturated carbocycles. The van der Waals surface area contributed by atoms with Crippen LogP contribution in [0.5, 0.6) is 5.75 Å². The standard InChI is InChI=1S/C15H19ClN2O4/c1-3-15(2)13(20)18(14(21)17-15)8-11(19)9-22-12-6-4-10(16)5-7-12/h4-7,11,19H,3,8-9H2,1-2H3,(H,17,21)/t11-,15+/m0/s1. The highest BCUT2D eigenvalue weighted by Gasteiger charge is 2.46. The number of hydrogen-bond acceptors (Lipinski definition) is 4. The van der Waals surface area contributed by atoms with Gasteiger partial charge < -0.3 is 15.2 Å². The molecule has 1 heterocycles. The number of nitrogens with zero attached hydrogens (tertiary/aromatic N) is 1. The van der Waals surface area contributed by atoms with Crippen molar-refractivity contribution in [2.45, 2.75) is 31.9 Å². The highest BCUT2D eigenvalue weighted by Crippen LogP contribution is 2.21. The van der Waals surface area contributed by atoms with E-state index < -0.39 is 17.7 Å². The molecular weight excluding hydrogens is 308 g/mol. The van der Waals surface area contributed by atoms with Crippen molar-refractivity contribution < 1.29 is 19.4 Å². The van der Waals surface area contributed by atoms with Crippen LogP contribution in [0.2, 0.25) is 5.02 Å². The van der Waals surface area contributed by atoms with Gasteiger partial charge in [0.15, 0.2) is 0 Å². The number of imide groups is 1. The number of carbonyl (C=O) groups excluding carboxylic acids is 2. The first-order valence-corrected chi connectivity index (χ1v) is 7.44. The van der Waals surface area contributed by atoms with E-state index in [4.69, 9.17) is 16.3 Å². The van der Waals surface area contributed by atoms with Gasteiger partial charge in [-0.1, -0.05) is 18.5 Å². The van der Waals surface area contributed by atoms with Gasteiger partial charge in [-0.25, -0.2) is 4.79 Å². The Labute approximate surface area is 134 Å². The molecule has 3 amide bonds. The molecule has 1 aromatic carbocycles. The average Bonchev–Trinajstić information content (AvgIpc) is 2.71. The molecule has 0 bridgehead atoms. The van der Waals surface area contributed by atoms with Gasteiger partial charge in [0, 0.05) is 5.02 Å². The summed E-state index contributed by atoms with van der Waals surface area (Å²) >= 11 is 5.77. The lowest BCUT2D eigenvalue weighted by Gasteiger charge is -2.21. The zero-order chi connectivity index (χ0) is 16.3. The molecule has 0 spiro atoms. The third kappa shape index (κ3) is 3.51. The second-order valence-electron chi connectivity index (χ2n) is 5.45. The Bertz CT molecular complexity index is 563. The molecule has 1 saturated heterocycles. The van der Waals surface area contributed by atoms with E-state index in [1.807, 2.05) is 6.92 Å². The van der Waals surface area contributed by atoms with Gasteiger partial charge in [0.05, 0.1) is 6.54 Å². The lowest BCUT2D eigenvalue weighted by molar-refractivity contribution is -0.132. The van der Waals surface area contributed by atoms with Crippen LogP contribution in [0.3, 0.4) is 0 Å². The summed E-state index contributed by atoms with van der Waals surface area (Å²) in [6, 6.07) is 6.22. The minimum Gasteiger partial charge on any atom is -0.491 e. The molecule has 1 aliphatic heterocycles. The van der Waals surface area contributed by atoms with Crippen LogP contribution in [-0.2, 0) is 4.79 Å². The minimum atomic E-state index is -0.968. The summed E-state index contributed by atoms with van der Waals surface area (Å²) in [6.07, 6.45) is -0.476. The van der Waals surface area contributed by atoms with Gasteiger partial charge in [-0.05, 0) is 37.6 Å². The maximum atomic E-state index is 12.2. The second-order valence-corrected chi connectivity index (χ2v) is 5.89. The average molecular weight is 327 g/mol. The highest BCUT2D eigenvalue weighted by atomic mass is 35.5. The number of ether oxygens (including phenoxy) is 1. The first kappa shape index (κ1) is 16.6. The monoisotopic (exact) mass is 326 g/mol. The third-order valence-electron chi connectivity index (χ3n) is 3.70. The molecule has 2 atom stereocenters. The first-order chi connectivity index (χ1) is 10.4. The van der Waals surface area contributed by atoms with Crippen molar-refractivity contribution in [1.82, 2.24) is 10.2 Å². The number of benzene rings is 1. The SMILES string of the molecule is CC[C@@]1(C)NC(=O)N(C[C@H](O)COc2ccc(Cl)cc2)C1=O. The van der Waals surface area contributed by atoms with E-state index in [2.05, 4.69) is 5.32 Å². The topological polar surface area (TPSA) is 78.9 Å². The summed E-state index contributed by atoms with van der Waals surface area (Å²) in [4.78, 5) is 25.1. The molecule has 2 rings (SSSR count). The number of aliphatic hydroxyl groups is 1. The molecular formula is C15H19ClN2O4. The Morgan fingerprint density at radius 1 is 1.36 bits per heavy atom. The van der Waals surface area contributed by atoms with Crippen LogP contribution in [0.1, 0.15) is 20.3 Å². The van der Waals surface area contributed by atoms with Crippen molar-refractivity contribution >= 4 is 23.5 Å². The zero-order valence-corrected chi connectivity index (χ0v) is 13.3. The summed E-state index contributed by atoms with van der Waals surface area (Å²) in [5.74, 6) is 0.226. The van der Waals surface area contributed by atoms with Gasteiger partial charge >= 0.3 is 6.03 Å². The molecule has 0 aliphatic carbocycles. The third-order valence-corrected chi connectivity index (χ3v) is 3.95. The molecule has 6 nitrogen and oxygen atoms in total. The van der Waals surface area contributed by atoms with Crippen molar-refractivity contribution in [2.75, 3.05) is 13.2 Å². The number of hydrogen-bond donors (Lipinski definition) is 2. The number of urea groups is 1. The summed E-state index contributed by atoms with van der Waals surface area (Å²) in [7, 11) is 0. The fourth-order valence-corrected chi connectivity index (χ4v) is 2.27. The van der Waals surface area contributed by atoms with E-state index in [1.165, 1.54) is 0 Å². The number of β-amino-alcohol motifs (C(OH)–C–C–N with tert-alkyl or cyclic N) is 1. The second kappa shape index (κ2) is 6.54. The van der Waals surface area contributed by atoms with E-state index >= 15 is 0 Å². The number of rotatable bonds is 6. The summed E-state index contributed by atoms with van der Waals surface area (Å²) in [5, 5.41) is 13.2. The quantitative estimate of drug-likeness (QED) is 0.781. The molecule has 2 N–H and O–H groups in total. The number of amides is 3. The molecule has 0 radical (unpaired) electrons. The molecule has 1 aliphatic rings. The van der Waals surface area contributed by atoms with E-state index in [0.717, 1.165) is 4.90 Å². The molecule has 0 unspecified atom stereocenters. The fourth-order valence-electron chi connectivity index (χ4n) is 2.14. The maximum Gasteiger partial charge on any atom is 0.325 e. The van der Waals surface area contributed by atoms with Crippen LogP contribution in [0, 0.1) is 0 Å². The molecule has 7 heteroatoms. The Kier molecular flexibility index (Phi) is 4.93. The maximum absolute atomic E-state index is 12.2. The number of carbonyl (C=O) groups is 2. The Morgan fingerprint density at radius 3 is 2.55 bits per heavy atom. The Morgan fingerprint density at radius 2 is 2.00 bits per heavy atom. The van der Waals surface area contributed by atoms with E-state index in [1.54, 1.807) is 31.2 Å². The lowest BCUT2D eigenvalue weighted by atomic mass is 9.99. The van der Waals surface area contributed by atoms with Crippen molar-refractivity contribution in [2.24, 2.45) is 0 Å². The van der Waals surface area contributed by atoms with Crippen LogP contribution in [0.15, 0.2) is 24.3 Å². The van der Waals surface area contributed by atoms with Crippen molar-refractivity contribution in [3.05, 3.63) is 29.3 Å². The Balaban J connectivity index is 1.89. The molecule has 120 valence electrons. The van der Waals surface area contributed by atoms with E-state index in [0.29, 0.717) is 17.2 Å². The lowest BCUT2D eigenvalue weighted by Crippen LogP contribution is -2.44. The van der Waals surface area contributed by atoms with Gasteiger partial charge in [-0.15, -0.1) is 0 Å². The minimum absolute atomic E-state index is 0.0263. The fraction of sp³-hybridized carbons (Fsp3) is 0.467. The first-order valence-electron chi connectivity index (χ1n) is 7.06. The largest absolute Gasteiger partial charge is 0.491 e. The summed E-state index contributed by atoms with van der Waals surface area (Å²) < 4.78 is 5.40. The van der Waals surface area contributed by atoms with Gasteiger partial charge in [0.1, 0.15) is 24.0 Å². The molecule has 0 aromatic heterocycles. The van der Waals surface area contributed by atoms with Gasteiger partial charge in [0.2, 0.25) is 0 Å². The van der Waals surface area contributed by atoms with E-state index in [9.17, 15) is 14.7 Å². The van der Waals surface area contributed by atoms with Crippen LogP contribution in [0.25, 0.3) is 0 Å². The number of aliphatic hydroxyl groups excluding tert-OH is 1. The van der Waals surface area contributed by atoms with Crippen molar-refractivity contribution in [3.8, 4) is 5.75 Å². The smallest absolute Gasteiger partial charge is 0.325 e. The number of halogens is 1.